The molecule has 1 aromatic heterocycles. The van der Waals surface area contributed by atoms with Crippen molar-refractivity contribution in [2.75, 3.05) is 13.1 Å². The molecule has 1 fully saturated rings. The van der Waals surface area contributed by atoms with Crippen molar-refractivity contribution in [2.24, 2.45) is 0 Å². The van der Waals surface area contributed by atoms with Crippen LogP contribution in [0.3, 0.4) is 0 Å². The number of carbonyl (C=O) groups is 1. The molecule has 4 heteroatoms. The molecule has 1 N–H and O–H groups in total. The standard InChI is InChI=1S/C19H23NO2S/c1-12-4-5-15(10-14(12)3)19(22)20-8-6-16(17(21)11-20)18-13(2)7-9-23-18/h4-5,7,9-10,16-17,21H,6,8,11H2,1-3H3/t16-,17-/m1/s1. The van der Waals surface area contributed by atoms with Gasteiger partial charge >= 0.3 is 0 Å². The van der Waals surface area contributed by atoms with Crippen molar-refractivity contribution >= 4 is 17.2 Å². The van der Waals surface area contributed by atoms with Gasteiger partial charge in [0.1, 0.15) is 0 Å². The van der Waals surface area contributed by atoms with E-state index in [0.29, 0.717) is 18.7 Å². The molecule has 0 spiro atoms. The summed E-state index contributed by atoms with van der Waals surface area (Å²) in [6.07, 6.45) is 0.329. The number of hydrogen-bond donors (Lipinski definition) is 1. The normalized spacial score (nSPS) is 21.5. The van der Waals surface area contributed by atoms with Crippen LogP contribution in [0.2, 0.25) is 0 Å². The fourth-order valence-electron chi connectivity index (χ4n) is 3.24. The molecule has 2 aromatic rings. The van der Waals surface area contributed by atoms with Gasteiger partial charge in [0.15, 0.2) is 0 Å². The molecule has 0 saturated carbocycles. The number of rotatable bonds is 2. The zero-order valence-electron chi connectivity index (χ0n) is 13.9. The van der Waals surface area contributed by atoms with Crippen LogP contribution >= 0.6 is 11.3 Å². The molecule has 1 aromatic carbocycles. The number of carbonyl (C=O) groups excluding carboxylic acids is 1. The maximum Gasteiger partial charge on any atom is 0.253 e. The Bertz CT molecular complexity index is 722. The summed E-state index contributed by atoms with van der Waals surface area (Å²) in [5.74, 6) is 0.173. The third-order valence-corrected chi connectivity index (χ3v) is 6.01. The second-order valence-electron chi connectivity index (χ2n) is 6.48. The van der Waals surface area contributed by atoms with E-state index in [1.165, 1.54) is 16.0 Å². The highest BCUT2D eigenvalue weighted by atomic mass is 32.1. The molecule has 1 aliphatic rings. The lowest BCUT2D eigenvalue weighted by molar-refractivity contribution is 0.0387. The summed E-state index contributed by atoms with van der Waals surface area (Å²) in [6, 6.07) is 7.91. The predicted octanol–water partition coefficient (Wildman–Crippen LogP) is 3.66. The summed E-state index contributed by atoms with van der Waals surface area (Å²) >= 11 is 1.71. The molecule has 0 aliphatic carbocycles. The van der Waals surface area contributed by atoms with Gasteiger partial charge in [-0.25, -0.2) is 0 Å². The molecule has 3 nitrogen and oxygen atoms in total. The number of thiophene rings is 1. The number of hydrogen-bond acceptors (Lipinski definition) is 3. The van der Waals surface area contributed by atoms with E-state index in [9.17, 15) is 9.90 Å². The number of aliphatic hydroxyl groups is 1. The Morgan fingerprint density at radius 1 is 1.17 bits per heavy atom. The number of benzene rings is 1. The van der Waals surface area contributed by atoms with Crippen molar-refractivity contribution in [1.82, 2.24) is 4.90 Å². The second-order valence-corrected chi connectivity index (χ2v) is 7.43. The van der Waals surface area contributed by atoms with E-state index < -0.39 is 6.10 Å². The maximum atomic E-state index is 12.7. The Morgan fingerprint density at radius 3 is 2.57 bits per heavy atom. The van der Waals surface area contributed by atoms with Crippen LogP contribution < -0.4 is 0 Å². The molecule has 0 unspecified atom stereocenters. The first-order valence-corrected chi connectivity index (χ1v) is 8.94. The van der Waals surface area contributed by atoms with Crippen LogP contribution in [-0.2, 0) is 0 Å². The molecule has 1 aliphatic heterocycles. The monoisotopic (exact) mass is 329 g/mol. The van der Waals surface area contributed by atoms with E-state index in [1.54, 1.807) is 16.2 Å². The van der Waals surface area contributed by atoms with Gasteiger partial charge in [0.25, 0.3) is 5.91 Å². The molecular weight excluding hydrogens is 306 g/mol. The van der Waals surface area contributed by atoms with E-state index in [2.05, 4.69) is 18.4 Å². The minimum absolute atomic E-state index is 0.0218. The van der Waals surface area contributed by atoms with Gasteiger partial charge in [-0.05, 0) is 67.5 Å². The van der Waals surface area contributed by atoms with Crippen molar-refractivity contribution in [2.45, 2.75) is 39.2 Å². The van der Waals surface area contributed by atoms with Crippen molar-refractivity contribution in [3.63, 3.8) is 0 Å². The van der Waals surface area contributed by atoms with Gasteiger partial charge < -0.3 is 10.0 Å². The number of aryl methyl sites for hydroxylation is 3. The summed E-state index contributed by atoms with van der Waals surface area (Å²) in [5, 5.41) is 12.6. The third kappa shape index (κ3) is 3.19. The lowest BCUT2D eigenvalue weighted by atomic mass is 9.90. The quantitative estimate of drug-likeness (QED) is 0.913. The summed E-state index contributed by atoms with van der Waals surface area (Å²) in [4.78, 5) is 15.7. The smallest absolute Gasteiger partial charge is 0.253 e. The van der Waals surface area contributed by atoms with E-state index in [-0.39, 0.29) is 11.8 Å². The van der Waals surface area contributed by atoms with Gasteiger partial charge in [-0.1, -0.05) is 6.07 Å². The van der Waals surface area contributed by atoms with Crippen LogP contribution in [0.5, 0.6) is 0 Å². The maximum absolute atomic E-state index is 12.7. The van der Waals surface area contributed by atoms with Crippen LogP contribution in [0.15, 0.2) is 29.6 Å². The number of nitrogens with zero attached hydrogens (tertiary/aromatic N) is 1. The van der Waals surface area contributed by atoms with Crippen molar-refractivity contribution in [1.29, 1.82) is 0 Å². The van der Waals surface area contributed by atoms with Crippen LogP contribution in [0, 0.1) is 20.8 Å². The predicted molar refractivity (Wildman–Crippen MR) is 94.2 cm³/mol. The molecule has 2 atom stereocenters. The molecule has 2 heterocycles. The topological polar surface area (TPSA) is 40.5 Å². The fourth-order valence-corrected chi connectivity index (χ4v) is 4.37. The number of β-amino-alcohol motifs (C(OH)–C–C–N with tert-alkyl or cyclic N) is 1. The third-order valence-electron chi connectivity index (χ3n) is 4.86. The summed E-state index contributed by atoms with van der Waals surface area (Å²) < 4.78 is 0. The highest BCUT2D eigenvalue weighted by Crippen LogP contribution is 2.34. The van der Waals surface area contributed by atoms with Crippen LogP contribution in [-0.4, -0.2) is 35.1 Å². The van der Waals surface area contributed by atoms with Crippen molar-refractivity contribution in [3.05, 3.63) is 56.8 Å². The molecule has 0 radical (unpaired) electrons. The van der Waals surface area contributed by atoms with Crippen LogP contribution in [0.1, 0.15) is 44.3 Å². The lowest BCUT2D eigenvalue weighted by Gasteiger charge is -2.36. The molecule has 23 heavy (non-hydrogen) atoms. The Morgan fingerprint density at radius 2 is 1.96 bits per heavy atom. The zero-order chi connectivity index (χ0) is 16.6. The molecule has 1 amide bonds. The van der Waals surface area contributed by atoms with Gasteiger partial charge in [0, 0.05) is 29.4 Å². The Labute approximate surface area is 141 Å². The first-order valence-electron chi connectivity index (χ1n) is 8.06. The lowest BCUT2D eigenvalue weighted by Crippen LogP contribution is -2.45. The summed E-state index contributed by atoms with van der Waals surface area (Å²) in [6.45, 7) is 7.26. The molecule has 3 rings (SSSR count). The van der Waals surface area contributed by atoms with Crippen molar-refractivity contribution < 1.29 is 9.90 Å². The van der Waals surface area contributed by atoms with Crippen LogP contribution in [0.25, 0.3) is 0 Å². The van der Waals surface area contributed by atoms with E-state index in [1.807, 2.05) is 32.0 Å². The van der Waals surface area contributed by atoms with Gasteiger partial charge in [0.05, 0.1) is 6.10 Å². The van der Waals surface area contributed by atoms with Gasteiger partial charge in [-0.15, -0.1) is 11.3 Å². The van der Waals surface area contributed by atoms with E-state index >= 15 is 0 Å². The zero-order valence-corrected chi connectivity index (χ0v) is 14.7. The Hall–Kier alpha value is -1.65. The highest BCUT2D eigenvalue weighted by molar-refractivity contribution is 7.10. The van der Waals surface area contributed by atoms with Gasteiger partial charge in [-0.3, -0.25) is 4.79 Å². The molecular formula is C19H23NO2S. The van der Waals surface area contributed by atoms with Gasteiger partial charge in [-0.2, -0.15) is 0 Å². The van der Waals surface area contributed by atoms with Crippen molar-refractivity contribution in [3.8, 4) is 0 Å². The highest BCUT2D eigenvalue weighted by Gasteiger charge is 2.32. The minimum Gasteiger partial charge on any atom is -0.391 e. The molecule has 0 bridgehead atoms. The second kappa shape index (κ2) is 6.46. The Kier molecular flexibility index (Phi) is 4.55. The van der Waals surface area contributed by atoms with Crippen LogP contribution in [0.4, 0.5) is 0 Å². The number of likely N-dealkylation sites (tertiary alicyclic amines) is 1. The number of piperidine rings is 1. The minimum atomic E-state index is -0.489. The average molecular weight is 329 g/mol. The number of aliphatic hydroxyl groups excluding tert-OH is 1. The average Bonchev–Trinajstić information content (AvgIpc) is 2.95. The molecule has 122 valence electrons. The van der Waals surface area contributed by atoms with E-state index in [0.717, 1.165) is 12.0 Å². The summed E-state index contributed by atoms with van der Waals surface area (Å²) in [7, 11) is 0. The Balaban J connectivity index is 1.73. The van der Waals surface area contributed by atoms with E-state index in [4.69, 9.17) is 0 Å². The number of amides is 1. The van der Waals surface area contributed by atoms with Gasteiger partial charge in [0.2, 0.25) is 0 Å². The SMILES string of the molecule is Cc1ccc(C(=O)N2CC[C@@H](c3sccc3C)[C@H](O)C2)cc1C. The molecule has 1 saturated heterocycles. The fraction of sp³-hybridized carbons (Fsp3) is 0.421. The first-order chi connectivity index (χ1) is 11.0. The first kappa shape index (κ1) is 16.2. The summed E-state index contributed by atoms with van der Waals surface area (Å²) in [5.41, 5.74) is 4.27. The largest absolute Gasteiger partial charge is 0.391 e.